The molecule has 1 aromatic carbocycles. The van der Waals surface area contributed by atoms with Crippen LogP contribution in [-0.2, 0) is 19.5 Å². The highest BCUT2D eigenvalue weighted by molar-refractivity contribution is 6.34. The number of carboxylic acids is 1. The molecule has 2 aromatic rings. The molecule has 3 rings (SSSR count). The average Bonchev–Trinajstić information content (AvgIpc) is 3.25. The number of aromatic carboxylic acids is 1. The summed E-state index contributed by atoms with van der Waals surface area (Å²) in [6.45, 7) is 1.96. The van der Waals surface area contributed by atoms with Crippen molar-refractivity contribution >= 4 is 29.2 Å². The molecule has 5 nitrogen and oxygen atoms in total. The van der Waals surface area contributed by atoms with Gasteiger partial charge in [0.15, 0.2) is 0 Å². The number of nitrogens with zero attached hydrogens (tertiary/aromatic N) is 2. The molecule has 31 heavy (non-hydrogen) atoms. The Balaban J connectivity index is 1.67. The van der Waals surface area contributed by atoms with Crippen molar-refractivity contribution in [1.29, 1.82) is 0 Å². The molecule has 0 amide bonds. The van der Waals surface area contributed by atoms with Gasteiger partial charge in [-0.1, -0.05) is 61.0 Å². The van der Waals surface area contributed by atoms with Crippen LogP contribution in [0, 0.1) is 5.92 Å². The molecule has 0 atom stereocenters. The van der Waals surface area contributed by atoms with E-state index >= 15 is 0 Å². The third kappa shape index (κ3) is 6.58. The number of halogens is 2. The summed E-state index contributed by atoms with van der Waals surface area (Å²) in [6.07, 6.45) is 8.44. The van der Waals surface area contributed by atoms with Crippen LogP contribution in [0.1, 0.15) is 60.1 Å². The second kappa shape index (κ2) is 11.2. The predicted octanol–water partition coefficient (Wildman–Crippen LogP) is 5.50. The Morgan fingerprint density at radius 3 is 2.48 bits per heavy atom. The van der Waals surface area contributed by atoms with Crippen molar-refractivity contribution in [2.45, 2.75) is 58.0 Å². The molecule has 1 fully saturated rings. The summed E-state index contributed by atoms with van der Waals surface area (Å²) in [7, 11) is 2.05. The first-order valence-electron chi connectivity index (χ1n) is 10.9. The van der Waals surface area contributed by atoms with Gasteiger partial charge in [-0.15, -0.1) is 0 Å². The zero-order valence-electron chi connectivity index (χ0n) is 17.9. The average molecular weight is 465 g/mol. The Bertz CT molecular complexity index is 951. The van der Waals surface area contributed by atoms with Crippen molar-refractivity contribution in [2.24, 2.45) is 5.92 Å². The van der Waals surface area contributed by atoms with E-state index in [1.165, 1.54) is 38.2 Å². The minimum absolute atomic E-state index is 0.110. The van der Waals surface area contributed by atoms with Crippen molar-refractivity contribution in [3.63, 3.8) is 0 Å². The van der Waals surface area contributed by atoms with E-state index in [0.717, 1.165) is 30.1 Å². The normalized spacial score (nSPS) is 14.5. The van der Waals surface area contributed by atoms with Crippen LogP contribution in [-0.4, -0.2) is 34.1 Å². The third-order valence-corrected chi connectivity index (χ3v) is 6.77. The Morgan fingerprint density at radius 2 is 1.84 bits per heavy atom. The number of carbonyl (C=O) groups is 1. The number of carboxylic acid groups (broad SMARTS) is 1. The lowest BCUT2D eigenvalue weighted by Gasteiger charge is -2.22. The van der Waals surface area contributed by atoms with Crippen molar-refractivity contribution in [3.05, 3.63) is 67.6 Å². The maximum Gasteiger partial charge on any atom is 0.335 e. The maximum absolute atomic E-state index is 12.8. The van der Waals surface area contributed by atoms with E-state index in [9.17, 15) is 9.59 Å². The van der Waals surface area contributed by atoms with E-state index in [1.54, 1.807) is 28.8 Å². The molecule has 1 N–H and O–H groups in total. The molecule has 1 aromatic heterocycles. The van der Waals surface area contributed by atoms with Crippen LogP contribution in [0.25, 0.3) is 0 Å². The standard InChI is InChI=1S/C24H30Cl2N2O3/c1-27(13-4-7-17-5-2-3-6-17)16-22-20(25)15-21(26)23(29)28(22)14-12-18-8-10-19(11-9-18)24(30)31/h8-11,15,17H,2-7,12-14,16H2,1H3,(H,30,31). The summed E-state index contributed by atoms with van der Waals surface area (Å²) in [5.41, 5.74) is 1.71. The lowest BCUT2D eigenvalue weighted by molar-refractivity contribution is 0.0697. The van der Waals surface area contributed by atoms with Gasteiger partial charge in [0.05, 0.1) is 16.3 Å². The third-order valence-electron chi connectivity index (χ3n) is 6.18. The minimum atomic E-state index is -0.956. The SMILES string of the molecule is CN(CCCC1CCCC1)Cc1c(Cl)cc(Cl)c(=O)n1CCc1ccc(C(=O)O)cc1. The topological polar surface area (TPSA) is 62.5 Å². The molecule has 1 saturated carbocycles. The summed E-state index contributed by atoms with van der Waals surface area (Å²) in [6, 6.07) is 8.23. The molecule has 0 bridgehead atoms. The first kappa shape index (κ1) is 23.8. The van der Waals surface area contributed by atoms with Crippen LogP contribution >= 0.6 is 23.2 Å². The van der Waals surface area contributed by atoms with Gasteiger partial charge < -0.3 is 14.6 Å². The zero-order chi connectivity index (χ0) is 22.4. The second-order valence-corrected chi connectivity index (χ2v) is 9.34. The zero-order valence-corrected chi connectivity index (χ0v) is 19.5. The number of rotatable bonds is 10. The minimum Gasteiger partial charge on any atom is -0.478 e. The number of pyridine rings is 1. The van der Waals surface area contributed by atoms with Crippen LogP contribution in [0.5, 0.6) is 0 Å². The number of hydrogen-bond acceptors (Lipinski definition) is 3. The molecule has 168 valence electrons. The van der Waals surface area contributed by atoms with Crippen LogP contribution in [0.2, 0.25) is 10.0 Å². The van der Waals surface area contributed by atoms with Gasteiger partial charge in [0.2, 0.25) is 0 Å². The molecule has 0 radical (unpaired) electrons. The van der Waals surface area contributed by atoms with Gasteiger partial charge in [-0.25, -0.2) is 4.79 Å². The summed E-state index contributed by atoms with van der Waals surface area (Å²) < 4.78 is 1.66. The van der Waals surface area contributed by atoms with Crippen molar-refractivity contribution in [3.8, 4) is 0 Å². The quantitative estimate of drug-likeness (QED) is 0.504. The summed E-state index contributed by atoms with van der Waals surface area (Å²) in [4.78, 5) is 26.0. The van der Waals surface area contributed by atoms with Gasteiger partial charge in [0, 0.05) is 13.1 Å². The van der Waals surface area contributed by atoms with Gasteiger partial charge in [0.25, 0.3) is 5.56 Å². The largest absolute Gasteiger partial charge is 0.478 e. The smallest absolute Gasteiger partial charge is 0.335 e. The fourth-order valence-electron chi connectivity index (χ4n) is 4.37. The molecule has 0 aliphatic heterocycles. The van der Waals surface area contributed by atoms with E-state index in [-0.39, 0.29) is 16.1 Å². The van der Waals surface area contributed by atoms with Gasteiger partial charge in [-0.2, -0.15) is 0 Å². The molecular weight excluding hydrogens is 435 g/mol. The number of aromatic nitrogens is 1. The first-order chi connectivity index (χ1) is 14.8. The summed E-state index contributed by atoms with van der Waals surface area (Å²) >= 11 is 12.6. The van der Waals surface area contributed by atoms with Crippen molar-refractivity contribution < 1.29 is 9.90 Å². The van der Waals surface area contributed by atoms with Gasteiger partial charge in [-0.3, -0.25) is 4.79 Å². The predicted molar refractivity (Wildman–Crippen MR) is 125 cm³/mol. The Hall–Kier alpha value is -1.82. The maximum atomic E-state index is 12.8. The molecule has 1 aliphatic carbocycles. The van der Waals surface area contributed by atoms with Gasteiger partial charge in [-0.05, 0) is 62.5 Å². The monoisotopic (exact) mass is 464 g/mol. The lowest BCUT2D eigenvalue weighted by atomic mass is 10.0. The van der Waals surface area contributed by atoms with E-state index in [0.29, 0.717) is 24.5 Å². The van der Waals surface area contributed by atoms with Crippen molar-refractivity contribution in [2.75, 3.05) is 13.6 Å². The highest BCUT2D eigenvalue weighted by Crippen LogP contribution is 2.28. The summed E-state index contributed by atoms with van der Waals surface area (Å²) in [5.74, 6) is -0.0825. The number of benzene rings is 1. The highest BCUT2D eigenvalue weighted by Gasteiger charge is 2.17. The van der Waals surface area contributed by atoms with Crippen LogP contribution in [0.3, 0.4) is 0 Å². The van der Waals surface area contributed by atoms with E-state index in [4.69, 9.17) is 28.3 Å². The lowest BCUT2D eigenvalue weighted by Crippen LogP contribution is -2.29. The molecule has 7 heteroatoms. The number of aryl methyl sites for hydroxylation is 1. The fraction of sp³-hybridized carbons (Fsp3) is 0.500. The van der Waals surface area contributed by atoms with Crippen LogP contribution in [0.4, 0.5) is 0 Å². The van der Waals surface area contributed by atoms with Crippen LogP contribution in [0.15, 0.2) is 35.1 Å². The molecule has 1 heterocycles. The van der Waals surface area contributed by atoms with E-state index in [1.807, 2.05) is 0 Å². The number of hydrogen-bond donors (Lipinski definition) is 1. The Kier molecular flexibility index (Phi) is 8.58. The fourth-order valence-corrected chi connectivity index (χ4v) is 4.91. The molecule has 0 unspecified atom stereocenters. The van der Waals surface area contributed by atoms with E-state index < -0.39 is 5.97 Å². The Morgan fingerprint density at radius 1 is 1.16 bits per heavy atom. The molecule has 1 aliphatic rings. The van der Waals surface area contributed by atoms with E-state index in [2.05, 4.69) is 11.9 Å². The Labute approximate surface area is 193 Å². The summed E-state index contributed by atoms with van der Waals surface area (Å²) in [5, 5.41) is 9.65. The molecule has 0 spiro atoms. The first-order valence-corrected chi connectivity index (χ1v) is 11.7. The highest BCUT2D eigenvalue weighted by atomic mass is 35.5. The molecule has 0 saturated heterocycles. The second-order valence-electron chi connectivity index (χ2n) is 8.53. The van der Waals surface area contributed by atoms with Gasteiger partial charge >= 0.3 is 5.97 Å². The molecular formula is C24H30Cl2N2O3. The van der Waals surface area contributed by atoms with Crippen LogP contribution < -0.4 is 5.56 Å². The van der Waals surface area contributed by atoms with Gasteiger partial charge in [0.1, 0.15) is 5.02 Å². The van der Waals surface area contributed by atoms with Crippen molar-refractivity contribution in [1.82, 2.24) is 9.47 Å².